The zero-order valence-electron chi connectivity index (χ0n) is 12.8. The van der Waals surface area contributed by atoms with Crippen LogP contribution in [0.2, 0.25) is 0 Å². The highest BCUT2D eigenvalue weighted by Gasteiger charge is 2.31. The third kappa shape index (κ3) is 3.54. The van der Waals surface area contributed by atoms with Gasteiger partial charge in [-0.2, -0.15) is 0 Å². The Bertz CT molecular complexity index is 751. The summed E-state index contributed by atoms with van der Waals surface area (Å²) in [4.78, 5) is 12.2. The molecule has 2 unspecified atom stereocenters. The van der Waals surface area contributed by atoms with Crippen LogP contribution in [0.4, 0.5) is 8.78 Å². The summed E-state index contributed by atoms with van der Waals surface area (Å²) in [6.45, 7) is 0.422. The second-order valence-corrected chi connectivity index (χ2v) is 5.73. The van der Waals surface area contributed by atoms with Crippen LogP contribution in [-0.4, -0.2) is 23.7 Å². The lowest BCUT2D eigenvalue weighted by atomic mass is 10.0. The van der Waals surface area contributed by atoms with E-state index in [0.29, 0.717) is 24.2 Å². The number of phenolic OH excluding ortho intramolecular Hbond substituents is 1. The highest BCUT2D eigenvalue weighted by molar-refractivity contribution is 5.79. The van der Waals surface area contributed by atoms with Gasteiger partial charge >= 0.3 is 0 Å². The van der Waals surface area contributed by atoms with E-state index in [-0.39, 0.29) is 24.1 Å². The Labute approximate surface area is 138 Å². The smallest absolute Gasteiger partial charge is 0.224 e. The van der Waals surface area contributed by atoms with Gasteiger partial charge in [0.1, 0.15) is 11.9 Å². The minimum Gasteiger partial charge on any atom is -0.508 e. The number of nitrogens with one attached hydrogen (secondary N) is 1. The van der Waals surface area contributed by atoms with Crippen LogP contribution in [0.5, 0.6) is 5.75 Å². The maximum atomic E-state index is 13.4. The normalized spacial score (nSPS) is 20.1. The average Bonchev–Trinajstić information content (AvgIpc) is 3.00. The van der Waals surface area contributed by atoms with Crippen LogP contribution in [0, 0.1) is 11.6 Å². The number of para-hydroxylation sites is 1. The first-order valence-corrected chi connectivity index (χ1v) is 7.67. The minimum atomic E-state index is -0.942. The van der Waals surface area contributed by atoms with Crippen molar-refractivity contribution >= 4 is 5.91 Å². The van der Waals surface area contributed by atoms with E-state index in [1.165, 1.54) is 12.1 Å². The molecule has 0 aliphatic carbocycles. The minimum absolute atomic E-state index is 0.0354. The van der Waals surface area contributed by atoms with Crippen molar-refractivity contribution in [3.05, 3.63) is 65.2 Å². The standard InChI is InChI=1S/C18H17F2NO3/c19-13-6-5-12(9-14(13)20)18-15(7-8-24-18)21-17(23)10-11-3-1-2-4-16(11)22/h1-6,9,15,18,22H,7-8,10H2,(H,21,23). The molecule has 2 aromatic rings. The van der Waals surface area contributed by atoms with Gasteiger partial charge in [-0.05, 0) is 30.2 Å². The fourth-order valence-electron chi connectivity index (χ4n) is 2.85. The molecular formula is C18H17F2NO3. The van der Waals surface area contributed by atoms with E-state index >= 15 is 0 Å². The van der Waals surface area contributed by atoms with E-state index in [4.69, 9.17) is 4.74 Å². The third-order valence-electron chi connectivity index (χ3n) is 4.05. The molecule has 2 N–H and O–H groups in total. The van der Waals surface area contributed by atoms with E-state index in [0.717, 1.165) is 12.1 Å². The Kier molecular flexibility index (Phi) is 4.76. The van der Waals surface area contributed by atoms with Crippen LogP contribution in [0.1, 0.15) is 23.7 Å². The number of amides is 1. The Morgan fingerprint density at radius 1 is 1.21 bits per heavy atom. The molecule has 0 spiro atoms. The third-order valence-corrected chi connectivity index (χ3v) is 4.05. The van der Waals surface area contributed by atoms with Crippen molar-refractivity contribution < 1.29 is 23.4 Å². The summed E-state index contributed by atoms with van der Waals surface area (Å²) in [6.07, 6.45) is 0.0949. The average molecular weight is 333 g/mol. The van der Waals surface area contributed by atoms with Gasteiger partial charge in [-0.3, -0.25) is 4.79 Å². The summed E-state index contributed by atoms with van der Waals surface area (Å²) in [5, 5.41) is 12.6. The highest BCUT2D eigenvalue weighted by Crippen LogP contribution is 2.30. The Balaban J connectivity index is 1.68. The molecule has 3 rings (SSSR count). The summed E-state index contributed by atoms with van der Waals surface area (Å²) >= 11 is 0. The molecule has 2 atom stereocenters. The lowest BCUT2D eigenvalue weighted by Crippen LogP contribution is -2.37. The summed E-state index contributed by atoms with van der Waals surface area (Å²) in [6, 6.07) is 9.88. The number of hydrogen-bond acceptors (Lipinski definition) is 3. The van der Waals surface area contributed by atoms with Gasteiger partial charge < -0.3 is 15.2 Å². The Morgan fingerprint density at radius 3 is 2.75 bits per heavy atom. The van der Waals surface area contributed by atoms with Crippen LogP contribution in [-0.2, 0) is 16.0 Å². The lowest BCUT2D eigenvalue weighted by molar-refractivity contribution is -0.121. The van der Waals surface area contributed by atoms with Crippen molar-refractivity contribution in [3.63, 3.8) is 0 Å². The van der Waals surface area contributed by atoms with E-state index in [2.05, 4.69) is 5.32 Å². The van der Waals surface area contributed by atoms with Gasteiger partial charge in [-0.1, -0.05) is 24.3 Å². The molecule has 0 aromatic heterocycles. The van der Waals surface area contributed by atoms with E-state index in [9.17, 15) is 18.7 Å². The summed E-state index contributed by atoms with van der Waals surface area (Å²) in [5.41, 5.74) is 1.01. The summed E-state index contributed by atoms with van der Waals surface area (Å²) < 4.78 is 32.0. The van der Waals surface area contributed by atoms with Gasteiger partial charge in [-0.15, -0.1) is 0 Å². The molecule has 1 saturated heterocycles. The van der Waals surface area contributed by atoms with Crippen molar-refractivity contribution in [2.24, 2.45) is 0 Å². The van der Waals surface area contributed by atoms with Gasteiger partial charge in [0.2, 0.25) is 5.91 Å². The van der Waals surface area contributed by atoms with Crippen LogP contribution in [0.25, 0.3) is 0 Å². The largest absolute Gasteiger partial charge is 0.508 e. The second-order valence-electron chi connectivity index (χ2n) is 5.73. The van der Waals surface area contributed by atoms with E-state index < -0.39 is 17.7 Å². The molecule has 0 saturated carbocycles. The van der Waals surface area contributed by atoms with Gasteiger partial charge in [0, 0.05) is 12.2 Å². The Morgan fingerprint density at radius 2 is 2.00 bits per heavy atom. The van der Waals surface area contributed by atoms with Crippen molar-refractivity contribution in [1.29, 1.82) is 0 Å². The van der Waals surface area contributed by atoms with Gasteiger partial charge in [0.05, 0.1) is 12.5 Å². The number of ether oxygens (including phenoxy) is 1. The number of phenols is 1. The van der Waals surface area contributed by atoms with E-state index in [1.54, 1.807) is 18.2 Å². The predicted molar refractivity (Wildman–Crippen MR) is 83.4 cm³/mol. The van der Waals surface area contributed by atoms with Crippen LogP contribution >= 0.6 is 0 Å². The summed E-state index contributed by atoms with van der Waals surface area (Å²) in [7, 11) is 0. The maximum absolute atomic E-state index is 13.4. The van der Waals surface area contributed by atoms with Crippen molar-refractivity contribution in [2.75, 3.05) is 6.61 Å². The van der Waals surface area contributed by atoms with Crippen molar-refractivity contribution in [1.82, 2.24) is 5.32 Å². The van der Waals surface area contributed by atoms with Crippen LogP contribution in [0.15, 0.2) is 42.5 Å². The first-order valence-electron chi connectivity index (χ1n) is 7.67. The maximum Gasteiger partial charge on any atom is 0.224 e. The zero-order chi connectivity index (χ0) is 17.1. The molecule has 1 heterocycles. The van der Waals surface area contributed by atoms with Crippen LogP contribution < -0.4 is 5.32 Å². The fourth-order valence-corrected chi connectivity index (χ4v) is 2.85. The fraction of sp³-hybridized carbons (Fsp3) is 0.278. The van der Waals surface area contributed by atoms with Gasteiger partial charge in [-0.25, -0.2) is 8.78 Å². The van der Waals surface area contributed by atoms with Crippen LogP contribution in [0.3, 0.4) is 0 Å². The monoisotopic (exact) mass is 333 g/mol. The molecule has 0 bridgehead atoms. The second kappa shape index (κ2) is 6.97. The summed E-state index contributed by atoms with van der Waals surface area (Å²) in [5.74, 6) is -2.06. The SMILES string of the molecule is O=C(Cc1ccccc1O)NC1CCOC1c1ccc(F)c(F)c1. The number of carbonyl (C=O) groups is 1. The first kappa shape index (κ1) is 16.4. The first-order chi connectivity index (χ1) is 11.5. The van der Waals surface area contributed by atoms with Gasteiger partial charge in [0.15, 0.2) is 11.6 Å². The molecule has 2 aromatic carbocycles. The molecule has 6 heteroatoms. The van der Waals surface area contributed by atoms with Gasteiger partial charge in [0.25, 0.3) is 0 Å². The number of carbonyl (C=O) groups excluding carboxylic acids is 1. The molecule has 1 aliphatic heterocycles. The molecule has 1 fully saturated rings. The predicted octanol–water partition coefficient (Wildman–Crippen LogP) is 2.86. The lowest BCUT2D eigenvalue weighted by Gasteiger charge is -2.20. The van der Waals surface area contributed by atoms with Crippen molar-refractivity contribution in [3.8, 4) is 5.75 Å². The Hall–Kier alpha value is -2.47. The van der Waals surface area contributed by atoms with Crippen molar-refractivity contribution in [2.45, 2.75) is 25.0 Å². The number of aromatic hydroxyl groups is 1. The number of rotatable bonds is 4. The zero-order valence-corrected chi connectivity index (χ0v) is 12.8. The molecule has 0 radical (unpaired) electrons. The highest BCUT2D eigenvalue weighted by atomic mass is 19.2. The quantitative estimate of drug-likeness (QED) is 0.904. The molecular weight excluding hydrogens is 316 g/mol. The number of benzene rings is 2. The molecule has 126 valence electrons. The van der Waals surface area contributed by atoms with E-state index in [1.807, 2.05) is 0 Å². The molecule has 1 aliphatic rings. The molecule has 4 nitrogen and oxygen atoms in total. The number of halogens is 2. The topological polar surface area (TPSA) is 58.6 Å². The molecule has 24 heavy (non-hydrogen) atoms. The molecule has 1 amide bonds. The number of hydrogen-bond donors (Lipinski definition) is 2.